The van der Waals surface area contributed by atoms with Crippen LogP contribution in [-0.4, -0.2) is 13.7 Å². The van der Waals surface area contributed by atoms with E-state index in [1.165, 1.54) is 259 Å². The Morgan fingerprint density at radius 1 is 0.0933 bits per heavy atom. The maximum atomic E-state index is 2.44. The van der Waals surface area contributed by atoms with Crippen LogP contribution in [0.4, 0.5) is 0 Å². The zero-order valence-electron chi connectivity index (χ0n) is 81.8. The van der Waals surface area contributed by atoms with Crippen molar-refractivity contribution in [2.75, 3.05) is 0 Å². The summed E-state index contributed by atoms with van der Waals surface area (Å²) in [4.78, 5) is 0. The van der Waals surface area contributed by atoms with Crippen molar-refractivity contribution in [2.45, 2.75) is 0 Å². The van der Waals surface area contributed by atoms with E-state index in [1.807, 2.05) is 34.0 Å². The minimum atomic E-state index is 1.16. The first kappa shape index (κ1) is 89.0. The van der Waals surface area contributed by atoms with Crippen molar-refractivity contribution < 1.29 is 0 Å². The van der Waals surface area contributed by atoms with Gasteiger partial charge in [-0.3, -0.25) is 0 Å². The molecule has 0 radical (unpaired) electrons. The molecule has 30 aromatic rings. The van der Waals surface area contributed by atoms with Gasteiger partial charge in [-0.1, -0.05) is 382 Å². The molecule has 0 saturated heterocycles. The fourth-order valence-corrected chi connectivity index (χ4v) is 25.8. The Bertz CT molecular complexity index is 10400. The second-order valence-electron chi connectivity index (χ2n) is 38.9. The van der Waals surface area contributed by atoms with Crippen LogP contribution in [-0.2, 0) is 0 Å². The molecule has 702 valence electrons. The Kier molecular flexibility index (Phi) is 22.6. The summed E-state index contributed by atoms with van der Waals surface area (Å²) in [5.74, 6) is 0. The highest BCUT2D eigenvalue weighted by atomic mass is 32.1. The van der Waals surface area contributed by atoms with E-state index in [9.17, 15) is 0 Å². The summed E-state index contributed by atoms with van der Waals surface area (Å²) in [6, 6.07) is 206. The predicted octanol–water partition coefficient (Wildman–Crippen LogP) is 41.5. The van der Waals surface area contributed by atoms with Crippen LogP contribution in [0.15, 0.2) is 564 Å². The Morgan fingerprint density at radius 3 is 0.640 bits per heavy atom. The van der Waals surface area contributed by atoms with E-state index in [-0.39, 0.29) is 0 Å². The van der Waals surface area contributed by atoms with Crippen LogP contribution in [0, 0.1) is 0 Å². The zero-order chi connectivity index (χ0) is 99.1. The van der Waals surface area contributed by atoms with Crippen LogP contribution in [0.5, 0.6) is 0 Å². The molecule has 24 aromatic carbocycles. The standard InChI is InChI=1S/3C48H31NS/c1-4-12-32(13-5-1)35-21-24-47-43(30-35)44-31-37(22-25-48(44)50-47)36-20-23-46-42(29-36)41-18-10-11-19-45(41)49(46)40-27-38(33-14-6-2-7-15-33)26-39(28-40)34-16-8-3-9-17-34;1-4-10-32(11-5-1)35-16-22-40(23-17-35)49-45-24-18-36(33-12-6-2-7-13-33)28-41(45)42-29-38(19-25-46(42)49)39-21-27-48-44(31-39)43-30-37(20-26-47(43)50-48)34-14-8-3-9-15-34;1-2-11-32(12-3-1)33-13-8-14-34(27-33)35-15-9-16-36(28-35)37-17-10-18-40(29-37)49-45-21-6-4-19-41(45)43-30-38(23-25-46(43)49)39-24-26-48-44(31-39)42-20-5-7-22-47(42)50-48/h3*1-31H. The van der Waals surface area contributed by atoms with Crippen molar-refractivity contribution >= 4 is 160 Å². The lowest BCUT2D eigenvalue weighted by Gasteiger charge is -2.14. The third-order valence-electron chi connectivity index (χ3n) is 30.0. The molecule has 0 N–H and O–H groups in total. The maximum Gasteiger partial charge on any atom is 0.0541 e. The number of para-hydroxylation sites is 2. The molecule has 0 atom stereocenters. The minimum absolute atomic E-state index is 1.16. The first-order valence-corrected chi connectivity index (χ1v) is 53.7. The van der Waals surface area contributed by atoms with Crippen molar-refractivity contribution in [2.24, 2.45) is 0 Å². The molecule has 0 aliphatic heterocycles. The average molecular weight is 1960 g/mol. The Labute approximate surface area is 881 Å². The van der Waals surface area contributed by atoms with Crippen LogP contribution in [0.3, 0.4) is 0 Å². The SMILES string of the molecule is c1ccc(-c2cc(-c3ccccc3)cc(-n3c4ccccc4c4cc(-c5ccc6sc7ccc(-c8ccccc8)cc7c6c5)ccc43)c2)cc1.c1ccc(-c2ccc(-n3c4ccc(-c5ccccc5)cc4c4cc(-c5ccc6sc7ccc(-c8ccccc8)cc7c6c5)ccc43)cc2)cc1.c1ccc(-c2cccc(-c3cccc(-c4cccc(-n5c6ccccc6c6cc(-c7ccc8sc9ccccc9c8c7)ccc65)c4)c3)c2)cc1. The van der Waals surface area contributed by atoms with Gasteiger partial charge in [0, 0.05) is 110 Å². The van der Waals surface area contributed by atoms with Crippen LogP contribution < -0.4 is 0 Å². The van der Waals surface area contributed by atoms with E-state index in [0.29, 0.717) is 0 Å². The van der Waals surface area contributed by atoms with Crippen molar-refractivity contribution in [1.29, 1.82) is 0 Å². The largest absolute Gasteiger partial charge is 0.309 e. The van der Waals surface area contributed by atoms with Gasteiger partial charge in [-0.2, -0.15) is 0 Å². The van der Waals surface area contributed by atoms with Crippen molar-refractivity contribution in [3.05, 3.63) is 564 Å². The number of rotatable bonds is 15. The third kappa shape index (κ3) is 16.5. The van der Waals surface area contributed by atoms with Gasteiger partial charge < -0.3 is 13.7 Å². The highest BCUT2D eigenvalue weighted by Gasteiger charge is 2.23. The Morgan fingerprint density at radius 2 is 0.287 bits per heavy atom. The lowest BCUT2D eigenvalue weighted by atomic mass is 9.96. The Balaban J connectivity index is 0.000000108. The van der Waals surface area contributed by atoms with Gasteiger partial charge in [0.25, 0.3) is 0 Å². The van der Waals surface area contributed by atoms with Gasteiger partial charge in [0.2, 0.25) is 0 Å². The average Bonchev–Trinajstić information content (AvgIpc) is 1.58. The summed E-state index contributed by atoms with van der Waals surface area (Å²) in [5.41, 5.74) is 40.1. The molecule has 0 bridgehead atoms. The molecule has 3 nitrogen and oxygen atoms in total. The van der Waals surface area contributed by atoms with Gasteiger partial charge in [-0.25, -0.2) is 0 Å². The van der Waals surface area contributed by atoms with Gasteiger partial charge in [0.15, 0.2) is 0 Å². The molecule has 150 heavy (non-hydrogen) atoms. The molecule has 0 amide bonds. The third-order valence-corrected chi connectivity index (χ3v) is 33.4. The second-order valence-corrected chi connectivity index (χ2v) is 42.2. The maximum absolute atomic E-state index is 2.44. The van der Waals surface area contributed by atoms with E-state index in [1.54, 1.807) is 0 Å². The second kappa shape index (κ2) is 38.1. The fourth-order valence-electron chi connectivity index (χ4n) is 22.6. The topological polar surface area (TPSA) is 14.8 Å². The molecule has 0 spiro atoms. The number of aromatic nitrogens is 3. The fraction of sp³-hybridized carbons (Fsp3) is 0. The van der Waals surface area contributed by atoms with E-state index < -0.39 is 0 Å². The number of thiophene rings is 3. The lowest BCUT2D eigenvalue weighted by Crippen LogP contribution is -1.96. The molecule has 6 aromatic heterocycles. The molecule has 0 unspecified atom stereocenters. The van der Waals surface area contributed by atoms with Gasteiger partial charge in [-0.05, 0) is 316 Å². The molecule has 0 saturated carbocycles. The Hall–Kier alpha value is -18.7. The first-order valence-electron chi connectivity index (χ1n) is 51.3. The van der Waals surface area contributed by atoms with Crippen molar-refractivity contribution in [1.82, 2.24) is 13.7 Å². The molecule has 0 aliphatic carbocycles. The number of hydrogen-bond donors (Lipinski definition) is 0. The van der Waals surface area contributed by atoms with Gasteiger partial charge in [-0.15, -0.1) is 34.0 Å². The molecular weight excluding hydrogens is 1870 g/mol. The van der Waals surface area contributed by atoms with Crippen LogP contribution in [0.2, 0.25) is 0 Å². The molecule has 0 fully saturated rings. The quantitative estimate of drug-likeness (QED) is 0.0972. The zero-order valence-corrected chi connectivity index (χ0v) is 84.2. The molecular formula is C144H93N3S3. The van der Waals surface area contributed by atoms with E-state index in [2.05, 4.69) is 578 Å². The smallest absolute Gasteiger partial charge is 0.0541 e. The van der Waals surface area contributed by atoms with E-state index in [0.717, 1.165) is 17.1 Å². The predicted molar refractivity (Wildman–Crippen MR) is 646 cm³/mol. The van der Waals surface area contributed by atoms with E-state index >= 15 is 0 Å². The van der Waals surface area contributed by atoms with Gasteiger partial charge in [0.1, 0.15) is 0 Å². The van der Waals surface area contributed by atoms with Gasteiger partial charge >= 0.3 is 0 Å². The summed E-state index contributed by atoms with van der Waals surface area (Å²) in [7, 11) is 0. The number of hydrogen-bond acceptors (Lipinski definition) is 3. The van der Waals surface area contributed by atoms with Crippen molar-refractivity contribution in [3.8, 4) is 151 Å². The lowest BCUT2D eigenvalue weighted by molar-refractivity contribution is 1.18. The van der Waals surface area contributed by atoms with Crippen LogP contribution in [0.1, 0.15) is 0 Å². The van der Waals surface area contributed by atoms with Crippen molar-refractivity contribution in [3.63, 3.8) is 0 Å². The van der Waals surface area contributed by atoms with Crippen LogP contribution >= 0.6 is 34.0 Å². The highest BCUT2D eigenvalue weighted by molar-refractivity contribution is 7.26. The summed E-state index contributed by atoms with van der Waals surface area (Å²) in [6.07, 6.45) is 0. The highest BCUT2D eigenvalue weighted by Crippen LogP contribution is 2.48. The number of benzene rings is 24. The summed E-state index contributed by atoms with van der Waals surface area (Å²) in [6.45, 7) is 0. The normalized spacial score (nSPS) is 11.6. The van der Waals surface area contributed by atoms with E-state index in [4.69, 9.17) is 0 Å². The first-order chi connectivity index (χ1) is 74.3. The minimum Gasteiger partial charge on any atom is -0.309 e. The molecule has 30 rings (SSSR count). The van der Waals surface area contributed by atoms with Gasteiger partial charge in [0.05, 0.1) is 33.1 Å². The molecule has 6 heteroatoms. The number of fused-ring (bicyclic) bond motifs is 18. The number of nitrogens with zero attached hydrogens (tertiary/aromatic N) is 3. The summed E-state index contributed by atoms with van der Waals surface area (Å²) >= 11 is 5.61. The molecule has 0 aliphatic rings. The molecule has 6 heterocycles. The monoisotopic (exact) mass is 1960 g/mol. The van der Waals surface area contributed by atoms with Crippen LogP contribution in [0.25, 0.3) is 277 Å². The summed E-state index contributed by atoms with van der Waals surface area (Å²) in [5, 5.41) is 15.5. The summed E-state index contributed by atoms with van der Waals surface area (Å²) < 4.78 is 15.2.